The molecule has 9 heteroatoms. The molecule has 1 heterocycles. The van der Waals surface area contributed by atoms with Crippen molar-refractivity contribution in [3.8, 4) is 11.1 Å². The van der Waals surface area contributed by atoms with E-state index < -0.39 is 35.3 Å². The van der Waals surface area contributed by atoms with Crippen molar-refractivity contribution >= 4 is 44.1 Å². The number of hydrogen-bond donors (Lipinski definition) is 2. The van der Waals surface area contributed by atoms with Crippen molar-refractivity contribution in [2.45, 2.75) is 19.3 Å². The first-order valence-corrected chi connectivity index (χ1v) is 11.8. The smallest absolute Gasteiger partial charge is 0.307 e. The Morgan fingerprint density at radius 1 is 0.914 bits per heavy atom. The van der Waals surface area contributed by atoms with Crippen LogP contribution in [0.3, 0.4) is 0 Å². The van der Waals surface area contributed by atoms with E-state index in [1.54, 1.807) is 30.3 Å². The van der Waals surface area contributed by atoms with Crippen molar-refractivity contribution in [2.24, 2.45) is 11.8 Å². The zero-order chi connectivity index (χ0) is 24.7. The lowest BCUT2D eigenvalue weighted by Gasteiger charge is -2.15. The third kappa shape index (κ3) is 4.51. The minimum absolute atomic E-state index is 0.0119. The Morgan fingerprint density at radius 3 is 2.34 bits per heavy atom. The van der Waals surface area contributed by atoms with Gasteiger partial charge in [-0.1, -0.05) is 48.1 Å². The standard InChI is InChI=1S/C26H19F3N2O3S/c27-16-11-20(29)23-22(12-16)35-26(31-23)30-21-9-8-15(10-19(21)28)13-4-6-14(7-5-13)24(32)17-2-1-3-18(17)25(33)34/h4-12,17-18H,1-3H2,(H,30,31)(H,33,34)/t17-,18-/m0/s1. The summed E-state index contributed by atoms with van der Waals surface area (Å²) in [6.07, 6.45) is 1.79. The first-order chi connectivity index (χ1) is 16.8. The van der Waals surface area contributed by atoms with Crippen LogP contribution in [-0.2, 0) is 4.79 Å². The highest BCUT2D eigenvalue weighted by Gasteiger charge is 2.37. The minimum atomic E-state index is -0.940. The van der Waals surface area contributed by atoms with Crippen molar-refractivity contribution < 1.29 is 27.9 Å². The number of aromatic nitrogens is 1. The number of carbonyl (C=O) groups is 2. The van der Waals surface area contributed by atoms with E-state index in [1.807, 2.05) is 0 Å². The topological polar surface area (TPSA) is 79.3 Å². The van der Waals surface area contributed by atoms with Crippen LogP contribution in [0.5, 0.6) is 0 Å². The maximum absolute atomic E-state index is 14.8. The predicted molar refractivity (Wildman–Crippen MR) is 127 cm³/mol. The molecule has 0 aliphatic heterocycles. The number of carboxylic acid groups (broad SMARTS) is 1. The lowest BCUT2D eigenvalue weighted by Crippen LogP contribution is -2.25. The van der Waals surface area contributed by atoms with E-state index in [0.29, 0.717) is 40.7 Å². The van der Waals surface area contributed by atoms with Gasteiger partial charge in [-0.15, -0.1) is 0 Å². The van der Waals surface area contributed by atoms with Crippen molar-refractivity contribution in [1.82, 2.24) is 4.98 Å². The number of carboxylic acids is 1. The maximum atomic E-state index is 14.8. The van der Waals surface area contributed by atoms with Gasteiger partial charge in [-0.2, -0.15) is 0 Å². The fourth-order valence-corrected chi connectivity index (χ4v) is 5.45. The number of aliphatic carboxylic acids is 1. The number of ketones is 1. The third-order valence-electron chi connectivity index (χ3n) is 6.30. The van der Waals surface area contributed by atoms with Gasteiger partial charge in [0, 0.05) is 17.5 Å². The molecular formula is C26H19F3N2O3S. The number of rotatable bonds is 6. The van der Waals surface area contributed by atoms with Gasteiger partial charge in [-0.3, -0.25) is 9.59 Å². The quantitative estimate of drug-likeness (QED) is 0.287. The molecule has 0 radical (unpaired) electrons. The molecular weight excluding hydrogens is 477 g/mol. The highest BCUT2D eigenvalue weighted by Crippen LogP contribution is 2.35. The van der Waals surface area contributed by atoms with E-state index in [2.05, 4.69) is 10.3 Å². The van der Waals surface area contributed by atoms with Gasteiger partial charge in [-0.05, 0) is 42.2 Å². The zero-order valence-corrected chi connectivity index (χ0v) is 19.0. The summed E-state index contributed by atoms with van der Waals surface area (Å²) >= 11 is 1.01. The number of halogens is 3. The Morgan fingerprint density at radius 2 is 1.63 bits per heavy atom. The number of thiazole rings is 1. The average Bonchev–Trinajstić information content (AvgIpc) is 3.47. The summed E-state index contributed by atoms with van der Waals surface area (Å²) in [4.78, 5) is 28.3. The summed E-state index contributed by atoms with van der Waals surface area (Å²) < 4.78 is 42.4. The third-order valence-corrected chi connectivity index (χ3v) is 7.21. The SMILES string of the molecule is O=C(O)[C@H]1CCC[C@@H]1C(=O)c1ccc(-c2ccc(Nc3nc4c(F)cc(F)cc4s3)c(F)c2)cc1. The molecule has 0 bridgehead atoms. The highest BCUT2D eigenvalue weighted by molar-refractivity contribution is 7.22. The summed E-state index contributed by atoms with van der Waals surface area (Å²) in [6, 6.07) is 13.1. The van der Waals surface area contributed by atoms with Crippen LogP contribution in [0.1, 0.15) is 29.6 Å². The monoisotopic (exact) mass is 496 g/mol. The van der Waals surface area contributed by atoms with Crippen LogP contribution >= 0.6 is 11.3 Å². The second-order valence-electron chi connectivity index (χ2n) is 8.50. The number of benzene rings is 3. The van der Waals surface area contributed by atoms with Crippen molar-refractivity contribution in [1.29, 1.82) is 0 Å². The number of carbonyl (C=O) groups excluding carboxylic acids is 1. The van der Waals surface area contributed by atoms with Gasteiger partial charge < -0.3 is 10.4 Å². The van der Waals surface area contributed by atoms with Crippen LogP contribution in [0.25, 0.3) is 21.3 Å². The van der Waals surface area contributed by atoms with Gasteiger partial charge in [0.05, 0.1) is 16.3 Å². The molecule has 0 spiro atoms. The van der Waals surface area contributed by atoms with Gasteiger partial charge >= 0.3 is 5.97 Å². The number of hydrogen-bond acceptors (Lipinski definition) is 5. The first-order valence-electron chi connectivity index (χ1n) is 11.0. The second-order valence-corrected chi connectivity index (χ2v) is 9.53. The lowest BCUT2D eigenvalue weighted by atomic mass is 9.88. The Balaban J connectivity index is 1.33. The fraction of sp³-hybridized carbons (Fsp3) is 0.192. The molecule has 1 aliphatic carbocycles. The van der Waals surface area contributed by atoms with Crippen molar-refractivity contribution in [2.75, 3.05) is 5.32 Å². The molecule has 5 nitrogen and oxygen atoms in total. The summed E-state index contributed by atoms with van der Waals surface area (Å²) in [6.45, 7) is 0. The largest absolute Gasteiger partial charge is 0.481 e. The Hall–Kier alpha value is -3.72. The first kappa shape index (κ1) is 23.0. The van der Waals surface area contributed by atoms with Crippen LogP contribution in [0, 0.1) is 29.3 Å². The molecule has 4 aromatic rings. The van der Waals surface area contributed by atoms with Gasteiger partial charge in [0.15, 0.2) is 16.7 Å². The van der Waals surface area contributed by atoms with E-state index in [0.717, 1.165) is 17.4 Å². The van der Waals surface area contributed by atoms with Gasteiger partial charge in [0.1, 0.15) is 17.2 Å². The highest BCUT2D eigenvalue weighted by atomic mass is 32.1. The fourth-order valence-electron chi connectivity index (χ4n) is 4.53. The van der Waals surface area contributed by atoms with Gasteiger partial charge in [-0.25, -0.2) is 18.2 Å². The number of nitrogens with one attached hydrogen (secondary N) is 1. The molecule has 0 unspecified atom stereocenters. The number of fused-ring (bicyclic) bond motifs is 1. The summed E-state index contributed by atoms with van der Waals surface area (Å²) in [5.41, 5.74) is 1.84. The number of anilines is 2. The molecule has 5 rings (SSSR count). The molecule has 0 saturated heterocycles. The molecule has 35 heavy (non-hydrogen) atoms. The van der Waals surface area contributed by atoms with E-state index in [-0.39, 0.29) is 22.1 Å². The van der Waals surface area contributed by atoms with Crippen LogP contribution in [0.2, 0.25) is 0 Å². The normalized spacial score (nSPS) is 17.6. The average molecular weight is 497 g/mol. The van der Waals surface area contributed by atoms with Crippen molar-refractivity contribution in [3.05, 3.63) is 77.6 Å². The predicted octanol–water partition coefficient (Wildman–Crippen LogP) is 6.81. The van der Waals surface area contributed by atoms with Gasteiger partial charge in [0.25, 0.3) is 0 Å². The molecule has 2 N–H and O–H groups in total. The van der Waals surface area contributed by atoms with E-state index >= 15 is 0 Å². The molecule has 3 aromatic carbocycles. The number of Topliss-reactive ketones (excluding diaryl/α,β-unsaturated/α-hetero) is 1. The maximum Gasteiger partial charge on any atom is 0.307 e. The molecule has 1 fully saturated rings. The van der Waals surface area contributed by atoms with Crippen LogP contribution in [0.4, 0.5) is 24.0 Å². The summed E-state index contributed by atoms with van der Waals surface area (Å²) in [5, 5.41) is 12.4. The summed E-state index contributed by atoms with van der Waals surface area (Å²) in [5.74, 6) is -4.35. The van der Waals surface area contributed by atoms with E-state index in [9.17, 15) is 27.9 Å². The Labute approximate surface area is 202 Å². The van der Waals surface area contributed by atoms with Crippen LogP contribution < -0.4 is 5.32 Å². The molecule has 1 saturated carbocycles. The van der Waals surface area contributed by atoms with Gasteiger partial charge in [0.2, 0.25) is 0 Å². The molecule has 1 aliphatic rings. The van der Waals surface area contributed by atoms with E-state index in [4.69, 9.17) is 0 Å². The van der Waals surface area contributed by atoms with Crippen LogP contribution in [-0.4, -0.2) is 21.8 Å². The summed E-state index contributed by atoms with van der Waals surface area (Å²) in [7, 11) is 0. The molecule has 178 valence electrons. The zero-order valence-electron chi connectivity index (χ0n) is 18.2. The van der Waals surface area contributed by atoms with Crippen LogP contribution in [0.15, 0.2) is 54.6 Å². The Kier molecular flexibility index (Phi) is 6.02. The Bertz CT molecular complexity index is 1450. The number of nitrogens with zero attached hydrogens (tertiary/aromatic N) is 1. The molecule has 1 aromatic heterocycles. The second kappa shape index (κ2) is 9.14. The van der Waals surface area contributed by atoms with E-state index in [1.165, 1.54) is 18.2 Å². The molecule has 2 atom stereocenters. The lowest BCUT2D eigenvalue weighted by molar-refractivity contribution is -0.142. The molecule has 0 amide bonds. The van der Waals surface area contributed by atoms with Crippen molar-refractivity contribution in [3.63, 3.8) is 0 Å². The minimum Gasteiger partial charge on any atom is -0.481 e.